The molecule has 1 heterocycles. The average Bonchev–Trinajstić information content (AvgIpc) is 2.88. The molecule has 0 unspecified atom stereocenters. The number of ether oxygens (including phenoxy) is 1. The lowest BCUT2D eigenvalue weighted by molar-refractivity contribution is -0.137. The van der Waals surface area contributed by atoms with Gasteiger partial charge in [-0.05, 0) is 67.1 Å². The topological polar surface area (TPSA) is 75.7 Å². The molecule has 11 heteroatoms. The standard InChI is InChI=1S/C27H26ClF3N2O4S/c28-24-17-23(38(35,36)32-22-8-4-7-21(16-22)27(29,30)31)9-10-25(24)37-18-26(34)33-13-11-20(12-14-33)15-19-5-2-1-3-6-19/h1-10,16-17,20,32H,11-15,18H2. The van der Waals surface area contributed by atoms with Gasteiger partial charge in [0.15, 0.2) is 6.61 Å². The molecule has 0 radical (unpaired) electrons. The first-order valence-electron chi connectivity index (χ1n) is 12.0. The van der Waals surface area contributed by atoms with E-state index in [1.807, 2.05) is 18.2 Å². The molecule has 0 spiro atoms. The van der Waals surface area contributed by atoms with Gasteiger partial charge in [0.05, 0.1) is 15.5 Å². The summed E-state index contributed by atoms with van der Waals surface area (Å²) in [4.78, 5) is 14.1. The number of amides is 1. The van der Waals surface area contributed by atoms with E-state index in [0.29, 0.717) is 25.1 Å². The van der Waals surface area contributed by atoms with Crippen molar-refractivity contribution in [3.05, 3.63) is 88.9 Å². The second kappa shape index (κ2) is 11.7. The van der Waals surface area contributed by atoms with Crippen molar-refractivity contribution in [2.24, 2.45) is 5.92 Å². The van der Waals surface area contributed by atoms with Crippen LogP contribution in [0.15, 0.2) is 77.7 Å². The predicted molar refractivity (Wildman–Crippen MR) is 139 cm³/mol. The summed E-state index contributed by atoms with van der Waals surface area (Å²) in [5, 5.41) is -0.0497. The molecular formula is C27H26ClF3N2O4S. The van der Waals surface area contributed by atoms with Crippen LogP contribution in [-0.2, 0) is 27.4 Å². The molecule has 3 aromatic carbocycles. The van der Waals surface area contributed by atoms with Gasteiger partial charge in [-0.2, -0.15) is 13.2 Å². The van der Waals surface area contributed by atoms with Gasteiger partial charge < -0.3 is 9.64 Å². The Labute approximate surface area is 224 Å². The highest BCUT2D eigenvalue weighted by atomic mass is 35.5. The van der Waals surface area contributed by atoms with E-state index in [4.69, 9.17) is 16.3 Å². The minimum Gasteiger partial charge on any atom is -0.482 e. The van der Waals surface area contributed by atoms with Gasteiger partial charge in [0, 0.05) is 18.8 Å². The van der Waals surface area contributed by atoms with Crippen LogP contribution in [0.1, 0.15) is 24.0 Å². The Kier molecular flexibility index (Phi) is 8.52. The highest BCUT2D eigenvalue weighted by molar-refractivity contribution is 7.92. The number of halogens is 4. The number of benzene rings is 3. The normalized spacial score (nSPS) is 14.8. The Morgan fingerprint density at radius 3 is 2.37 bits per heavy atom. The summed E-state index contributed by atoms with van der Waals surface area (Å²) >= 11 is 6.20. The van der Waals surface area contributed by atoms with Crippen molar-refractivity contribution >= 4 is 33.2 Å². The minimum atomic E-state index is -4.61. The molecule has 0 aromatic heterocycles. The smallest absolute Gasteiger partial charge is 0.416 e. The van der Waals surface area contributed by atoms with Crippen LogP contribution in [0, 0.1) is 5.92 Å². The summed E-state index contributed by atoms with van der Waals surface area (Å²) in [6, 6.07) is 17.7. The lowest BCUT2D eigenvalue weighted by Gasteiger charge is -2.32. The van der Waals surface area contributed by atoms with Crippen LogP contribution in [0.2, 0.25) is 5.02 Å². The first-order valence-corrected chi connectivity index (χ1v) is 13.8. The van der Waals surface area contributed by atoms with E-state index in [1.54, 1.807) is 4.90 Å². The van der Waals surface area contributed by atoms with Crippen molar-refractivity contribution in [2.45, 2.75) is 30.3 Å². The maximum atomic E-state index is 12.9. The van der Waals surface area contributed by atoms with Crippen molar-refractivity contribution in [3.63, 3.8) is 0 Å². The molecule has 1 saturated heterocycles. The van der Waals surface area contributed by atoms with Gasteiger partial charge in [0.25, 0.3) is 15.9 Å². The van der Waals surface area contributed by atoms with Gasteiger partial charge in [-0.1, -0.05) is 48.0 Å². The molecule has 1 aliphatic rings. The van der Waals surface area contributed by atoms with Gasteiger partial charge in [0.2, 0.25) is 0 Å². The number of carbonyl (C=O) groups is 1. The van der Waals surface area contributed by atoms with Crippen molar-refractivity contribution in [1.29, 1.82) is 0 Å². The Morgan fingerprint density at radius 2 is 1.71 bits per heavy atom. The number of nitrogens with one attached hydrogen (secondary N) is 1. The molecular weight excluding hydrogens is 541 g/mol. The molecule has 1 fully saturated rings. The van der Waals surface area contributed by atoms with E-state index in [-0.39, 0.29) is 33.9 Å². The fourth-order valence-corrected chi connectivity index (χ4v) is 5.68. The summed E-state index contributed by atoms with van der Waals surface area (Å²) in [6.07, 6.45) is -1.84. The number of likely N-dealkylation sites (tertiary alicyclic amines) is 1. The van der Waals surface area contributed by atoms with Gasteiger partial charge in [-0.15, -0.1) is 0 Å². The highest BCUT2D eigenvalue weighted by Gasteiger charge is 2.31. The number of piperidine rings is 1. The van der Waals surface area contributed by atoms with E-state index < -0.39 is 21.8 Å². The molecule has 4 rings (SSSR count). The van der Waals surface area contributed by atoms with Crippen LogP contribution in [-0.4, -0.2) is 38.9 Å². The second-order valence-electron chi connectivity index (χ2n) is 9.08. The lowest BCUT2D eigenvalue weighted by Crippen LogP contribution is -2.41. The maximum absolute atomic E-state index is 12.9. The lowest BCUT2D eigenvalue weighted by atomic mass is 9.90. The minimum absolute atomic E-state index is 0.0497. The number of nitrogens with zero attached hydrogens (tertiary/aromatic N) is 1. The molecule has 0 saturated carbocycles. The molecule has 202 valence electrons. The van der Waals surface area contributed by atoms with Gasteiger partial charge in [-0.3, -0.25) is 9.52 Å². The number of carbonyl (C=O) groups excluding carboxylic acids is 1. The Hall–Kier alpha value is -3.24. The number of sulfonamides is 1. The molecule has 0 aliphatic carbocycles. The first kappa shape index (κ1) is 27.8. The van der Waals surface area contributed by atoms with Crippen LogP contribution in [0.25, 0.3) is 0 Å². The number of rotatable bonds is 8. The quantitative estimate of drug-likeness (QED) is 0.362. The fourth-order valence-electron chi connectivity index (χ4n) is 4.30. The van der Waals surface area contributed by atoms with E-state index in [9.17, 15) is 26.4 Å². The second-order valence-corrected chi connectivity index (χ2v) is 11.2. The van der Waals surface area contributed by atoms with Crippen molar-refractivity contribution in [1.82, 2.24) is 4.90 Å². The van der Waals surface area contributed by atoms with Gasteiger partial charge in [-0.25, -0.2) is 8.42 Å². The van der Waals surface area contributed by atoms with E-state index in [1.165, 1.54) is 23.8 Å². The molecule has 3 aromatic rings. The predicted octanol–water partition coefficient (Wildman–Crippen LogP) is 6.02. The highest BCUT2D eigenvalue weighted by Crippen LogP contribution is 2.32. The Morgan fingerprint density at radius 1 is 1.00 bits per heavy atom. The molecule has 0 bridgehead atoms. The largest absolute Gasteiger partial charge is 0.482 e. The van der Waals surface area contributed by atoms with E-state index in [2.05, 4.69) is 16.9 Å². The molecule has 6 nitrogen and oxygen atoms in total. The van der Waals surface area contributed by atoms with Crippen LogP contribution in [0.3, 0.4) is 0 Å². The van der Waals surface area contributed by atoms with Crippen LogP contribution < -0.4 is 9.46 Å². The third kappa shape index (κ3) is 7.20. The van der Waals surface area contributed by atoms with Crippen molar-refractivity contribution in [3.8, 4) is 5.75 Å². The number of anilines is 1. The summed E-state index contributed by atoms with van der Waals surface area (Å²) in [6.45, 7) is 1.01. The van der Waals surface area contributed by atoms with Crippen LogP contribution >= 0.6 is 11.6 Å². The SMILES string of the molecule is O=C(COc1ccc(S(=O)(=O)Nc2cccc(C(F)(F)F)c2)cc1Cl)N1CCC(Cc2ccccc2)CC1. The maximum Gasteiger partial charge on any atom is 0.416 e. The Balaban J connectivity index is 1.31. The molecule has 1 N–H and O–H groups in total. The number of hydrogen-bond acceptors (Lipinski definition) is 4. The zero-order valence-corrected chi connectivity index (χ0v) is 21.8. The molecule has 1 aliphatic heterocycles. The van der Waals surface area contributed by atoms with Gasteiger partial charge in [0.1, 0.15) is 5.75 Å². The number of alkyl halides is 3. The van der Waals surface area contributed by atoms with Gasteiger partial charge >= 0.3 is 6.18 Å². The average molecular weight is 567 g/mol. The zero-order chi connectivity index (χ0) is 27.3. The number of hydrogen-bond donors (Lipinski definition) is 1. The molecule has 1 amide bonds. The summed E-state index contributed by atoms with van der Waals surface area (Å²) < 4.78 is 71.8. The summed E-state index contributed by atoms with van der Waals surface area (Å²) in [5.74, 6) is 0.440. The monoisotopic (exact) mass is 566 g/mol. The van der Waals surface area contributed by atoms with Crippen LogP contribution in [0.4, 0.5) is 18.9 Å². The first-order chi connectivity index (χ1) is 18.0. The van der Waals surface area contributed by atoms with E-state index in [0.717, 1.165) is 37.5 Å². The Bertz CT molecular complexity index is 1380. The van der Waals surface area contributed by atoms with Crippen molar-refractivity contribution in [2.75, 3.05) is 24.4 Å². The van der Waals surface area contributed by atoms with Crippen molar-refractivity contribution < 1.29 is 31.1 Å². The molecule has 0 atom stereocenters. The third-order valence-electron chi connectivity index (χ3n) is 6.34. The third-order valence-corrected chi connectivity index (χ3v) is 8.02. The van der Waals surface area contributed by atoms with E-state index >= 15 is 0 Å². The summed E-state index contributed by atoms with van der Waals surface area (Å²) in [7, 11) is -4.22. The zero-order valence-electron chi connectivity index (χ0n) is 20.2. The molecule has 38 heavy (non-hydrogen) atoms. The van der Waals surface area contributed by atoms with Crippen LogP contribution in [0.5, 0.6) is 5.75 Å². The summed E-state index contributed by atoms with van der Waals surface area (Å²) in [5.41, 5.74) is 0.0599. The fraction of sp³-hybridized carbons (Fsp3) is 0.296.